The van der Waals surface area contributed by atoms with E-state index in [4.69, 9.17) is 0 Å². The standard InChI is InChI=1S/C29H29F3N6O2S/c1-18(2)24-8-6-7-9-25(24)38-26(39)17-41-28(38)36-34-15-19(3)14-21-16-33-27(35-20(21)4)37(5)22-10-12-23(13-11-22)40-29(30,31)32/h6-16,18H,17H2,1-5H3/b19-14+,34-15+,36-28-. The molecule has 1 aliphatic rings. The van der Waals surface area contributed by atoms with Crippen molar-refractivity contribution in [1.29, 1.82) is 0 Å². The van der Waals surface area contributed by atoms with Crippen molar-refractivity contribution in [2.75, 3.05) is 22.6 Å². The molecule has 0 aliphatic carbocycles. The quantitative estimate of drug-likeness (QED) is 0.208. The molecule has 0 N–H and O–H groups in total. The molecule has 0 atom stereocenters. The molecule has 1 aliphatic heterocycles. The summed E-state index contributed by atoms with van der Waals surface area (Å²) in [6, 6.07) is 13.3. The molecule has 41 heavy (non-hydrogen) atoms. The van der Waals surface area contributed by atoms with Crippen LogP contribution in [0.25, 0.3) is 6.08 Å². The number of ether oxygens (including phenoxy) is 1. The van der Waals surface area contributed by atoms with Crippen LogP contribution in [0.4, 0.5) is 30.5 Å². The second-order valence-electron chi connectivity index (χ2n) is 9.56. The van der Waals surface area contributed by atoms with Crippen molar-refractivity contribution in [2.24, 2.45) is 10.2 Å². The fourth-order valence-corrected chi connectivity index (χ4v) is 4.87. The molecule has 0 unspecified atom stereocenters. The Morgan fingerprint density at radius 2 is 1.88 bits per heavy atom. The number of nitrogens with zero attached hydrogens (tertiary/aromatic N) is 6. The third-order valence-corrected chi connectivity index (χ3v) is 7.03. The van der Waals surface area contributed by atoms with Gasteiger partial charge in [-0.05, 0) is 67.3 Å². The van der Waals surface area contributed by atoms with Gasteiger partial charge in [0.25, 0.3) is 0 Å². The molecule has 12 heteroatoms. The summed E-state index contributed by atoms with van der Waals surface area (Å²) in [6.07, 6.45) is 0.383. The van der Waals surface area contributed by atoms with Gasteiger partial charge in [-0.25, -0.2) is 9.97 Å². The first-order chi connectivity index (χ1) is 19.4. The van der Waals surface area contributed by atoms with Gasteiger partial charge in [-0.3, -0.25) is 9.69 Å². The monoisotopic (exact) mass is 582 g/mol. The molecule has 0 bridgehead atoms. The van der Waals surface area contributed by atoms with Gasteiger partial charge in [0.1, 0.15) is 5.75 Å². The van der Waals surface area contributed by atoms with Crippen LogP contribution in [0.3, 0.4) is 0 Å². The summed E-state index contributed by atoms with van der Waals surface area (Å²) in [7, 11) is 1.72. The molecule has 1 aromatic heterocycles. The van der Waals surface area contributed by atoms with Gasteiger partial charge in [0.05, 0.1) is 23.3 Å². The Morgan fingerprint density at radius 1 is 1.17 bits per heavy atom. The number of hydrogen-bond donors (Lipinski definition) is 0. The number of amidine groups is 1. The first-order valence-corrected chi connectivity index (χ1v) is 13.7. The molecule has 0 radical (unpaired) electrons. The van der Waals surface area contributed by atoms with Crippen LogP contribution in [0.1, 0.15) is 43.5 Å². The lowest BCUT2D eigenvalue weighted by molar-refractivity contribution is -0.274. The van der Waals surface area contributed by atoms with Gasteiger partial charge in [0.15, 0.2) is 5.17 Å². The number of aryl methyl sites for hydroxylation is 1. The summed E-state index contributed by atoms with van der Waals surface area (Å²) in [5.74, 6) is 0.591. The Kier molecular flexibility index (Phi) is 9.11. The lowest BCUT2D eigenvalue weighted by atomic mass is 10.0. The normalized spacial score (nSPS) is 15.4. The molecule has 3 aromatic rings. The first kappa shape index (κ1) is 29.8. The van der Waals surface area contributed by atoms with Gasteiger partial charge in [-0.2, -0.15) is 5.10 Å². The molecule has 0 spiro atoms. The van der Waals surface area contributed by atoms with Gasteiger partial charge < -0.3 is 9.64 Å². The summed E-state index contributed by atoms with van der Waals surface area (Å²) in [4.78, 5) is 24.9. The van der Waals surface area contributed by atoms with Gasteiger partial charge >= 0.3 is 6.36 Å². The van der Waals surface area contributed by atoms with E-state index in [0.717, 1.165) is 22.4 Å². The average molecular weight is 583 g/mol. The van der Waals surface area contributed by atoms with Crippen molar-refractivity contribution >= 4 is 52.5 Å². The number of benzene rings is 2. The molecule has 1 fully saturated rings. The van der Waals surface area contributed by atoms with Crippen molar-refractivity contribution in [3.63, 3.8) is 0 Å². The molecule has 0 saturated carbocycles. The highest BCUT2D eigenvalue weighted by Crippen LogP contribution is 2.33. The largest absolute Gasteiger partial charge is 0.573 e. The Labute approximate surface area is 240 Å². The Hall–Kier alpha value is -4.19. The first-order valence-electron chi connectivity index (χ1n) is 12.7. The van der Waals surface area contributed by atoms with Crippen LogP contribution in [0.15, 0.2) is 70.5 Å². The summed E-state index contributed by atoms with van der Waals surface area (Å²) >= 11 is 1.35. The maximum atomic E-state index is 12.7. The number of alkyl halides is 3. The number of carbonyl (C=O) groups is 1. The molecule has 1 amide bonds. The van der Waals surface area contributed by atoms with Gasteiger partial charge in [-0.1, -0.05) is 43.8 Å². The third-order valence-electron chi connectivity index (χ3n) is 6.12. The van der Waals surface area contributed by atoms with Crippen LogP contribution in [-0.2, 0) is 4.79 Å². The zero-order valence-electron chi connectivity index (χ0n) is 23.2. The average Bonchev–Trinajstić information content (AvgIpc) is 3.28. The van der Waals surface area contributed by atoms with E-state index in [1.165, 1.54) is 36.0 Å². The molecule has 2 aromatic carbocycles. The van der Waals surface area contributed by atoms with E-state index >= 15 is 0 Å². The number of aromatic nitrogens is 2. The van der Waals surface area contributed by atoms with E-state index in [0.29, 0.717) is 28.3 Å². The Morgan fingerprint density at radius 3 is 2.54 bits per heavy atom. The number of para-hydroxylation sites is 1. The summed E-state index contributed by atoms with van der Waals surface area (Å²) in [6.45, 7) is 7.87. The zero-order valence-corrected chi connectivity index (χ0v) is 24.0. The lowest BCUT2D eigenvalue weighted by Gasteiger charge is -2.20. The summed E-state index contributed by atoms with van der Waals surface area (Å²) < 4.78 is 41.2. The van der Waals surface area contributed by atoms with Crippen LogP contribution in [0.2, 0.25) is 0 Å². The number of halogens is 3. The minimum Gasteiger partial charge on any atom is -0.406 e. The maximum Gasteiger partial charge on any atom is 0.573 e. The molecular weight excluding hydrogens is 553 g/mol. The van der Waals surface area contributed by atoms with E-state index in [1.807, 2.05) is 44.2 Å². The Bertz CT molecular complexity index is 1500. The second-order valence-corrected chi connectivity index (χ2v) is 10.5. The lowest BCUT2D eigenvalue weighted by Crippen LogP contribution is -2.30. The number of carbonyl (C=O) groups excluding carboxylic acids is 1. The van der Waals surface area contributed by atoms with Crippen LogP contribution in [-0.4, -0.2) is 46.4 Å². The smallest absolute Gasteiger partial charge is 0.406 e. The SMILES string of the molecule is CC(/C=N/N=C1\SCC(=O)N1c1ccccc1C(C)C)=C\c1cnc(N(C)c2ccc(OC(F)(F)F)cc2)nc1C. The minimum atomic E-state index is -4.75. The fourth-order valence-electron chi connectivity index (χ4n) is 4.06. The van der Waals surface area contributed by atoms with Crippen molar-refractivity contribution in [1.82, 2.24) is 9.97 Å². The van der Waals surface area contributed by atoms with E-state index in [2.05, 4.69) is 38.8 Å². The second kappa shape index (κ2) is 12.5. The fraction of sp³-hybridized carbons (Fsp3) is 0.276. The number of rotatable bonds is 8. The minimum absolute atomic E-state index is 0.0345. The van der Waals surface area contributed by atoms with Crippen LogP contribution in [0, 0.1) is 6.92 Å². The van der Waals surface area contributed by atoms with E-state index in [-0.39, 0.29) is 17.6 Å². The van der Waals surface area contributed by atoms with Crippen LogP contribution in [0.5, 0.6) is 5.75 Å². The third kappa shape index (κ3) is 7.51. The number of allylic oxidation sites excluding steroid dienone is 1. The van der Waals surface area contributed by atoms with E-state index in [9.17, 15) is 18.0 Å². The number of thioether (sulfide) groups is 1. The van der Waals surface area contributed by atoms with Crippen molar-refractivity contribution in [3.05, 3.63) is 77.1 Å². The van der Waals surface area contributed by atoms with Gasteiger partial charge in [-0.15, -0.1) is 18.3 Å². The van der Waals surface area contributed by atoms with Crippen molar-refractivity contribution in [2.45, 2.75) is 40.0 Å². The van der Waals surface area contributed by atoms with Crippen molar-refractivity contribution < 1.29 is 22.7 Å². The summed E-state index contributed by atoms with van der Waals surface area (Å²) in [5.41, 5.74) is 4.75. The molecule has 1 saturated heterocycles. The molecular formula is C29H29F3N6O2S. The van der Waals surface area contributed by atoms with E-state index in [1.54, 1.807) is 29.3 Å². The number of hydrogen-bond acceptors (Lipinski definition) is 8. The molecule has 4 rings (SSSR count). The van der Waals surface area contributed by atoms with Crippen molar-refractivity contribution in [3.8, 4) is 5.75 Å². The zero-order chi connectivity index (χ0) is 29.7. The number of anilines is 3. The van der Waals surface area contributed by atoms with Gasteiger partial charge in [0, 0.05) is 24.5 Å². The van der Waals surface area contributed by atoms with Crippen LogP contribution >= 0.6 is 11.8 Å². The predicted octanol–water partition coefficient (Wildman–Crippen LogP) is 7.10. The molecule has 8 nitrogen and oxygen atoms in total. The topological polar surface area (TPSA) is 83.3 Å². The highest BCUT2D eigenvalue weighted by atomic mass is 32.2. The highest BCUT2D eigenvalue weighted by Gasteiger charge is 2.32. The summed E-state index contributed by atoms with van der Waals surface area (Å²) in [5, 5.41) is 9.09. The van der Waals surface area contributed by atoms with Gasteiger partial charge in [0.2, 0.25) is 11.9 Å². The predicted molar refractivity (Wildman–Crippen MR) is 158 cm³/mol. The maximum absolute atomic E-state index is 12.7. The molecule has 2 heterocycles. The molecule has 214 valence electrons. The number of amides is 1. The van der Waals surface area contributed by atoms with E-state index < -0.39 is 6.36 Å². The van der Waals surface area contributed by atoms with Crippen LogP contribution < -0.4 is 14.5 Å². The Balaban J connectivity index is 1.47. The highest BCUT2D eigenvalue weighted by molar-refractivity contribution is 8.15.